The van der Waals surface area contributed by atoms with Crippen LogP contribution in [0.5, 0.6) is 5.75 Å². The van der Waals surface area contributed by atoms with E-state index >= 15 is 0 Å². The second-order valence-electron chi connectivity index (χ2n) is 3.54. The van der Waals surface area contributed by atoms with Gasteiger partial charge in [0, 0.05) is 0 Å². The van der Waals surface area contributed by atoms with Gasteiger partial charge in [0.2, 0.25) is 0 Å². The SMILES string of the molecule is O=C(O)COCC(O)c1ccc(OC(F)(F)F)cc1. The monoisotopic (exact) mass is 280 g/mol. The number of halogens is 3. The molecular weight excluding hydrogens is 269 g/mol. The van der Waals surface area contributed by atoms with Crippen LogP contribution in [-0.2, 0) is 9.53 Å². The van der Waals surface area contributed by atoms with Crippen LogP contribution in [0.15, 0.2) is 24.3 Å². The van der Waals surface area contributed by atoms with E-state index in [0.29, 0.717) is 5.56 Å². The zero-order valence-electron chi connectivity index (χ0n) is 9.55. The number of carboxylic acid groups (broad SMARTS) is 1. The number of benzene rings is 1. The molecule has 0 aliphatic carbocycles. The Balaban J connectivity index is 2.53. The van der Waals surface area contributed by atoms with Gasteiger partial charge in [0.1, 0.15) is 18.5 Å². The number of aliphatic hydroxyl groups excluding tert-OH is 1. The Kier molecular flexibility index (Phi) is 5.13. The van der Waals surface area contributed by atoms with Crippen molar-refractivity contribution >= 4 is 5.97 Å². The molecule has 19 heavy (non-hydrogen) atoms. The summed E-state index contributed by atoms with van der Waals surface area (Å²) in [5.41, 5.74) is 0.292. The van der Waals surface area contributed by atoms with Crippen molar-refractivity contribution in [2.75, 3.05) is 13.2 Å². The molecule has 1 atom stereocenters. The van der Waals surface area contributed by atoms with Crippen LogP contribution in [0.25, 0.3) is 0 Å². The lowest BCUT2D eigenvalue weighted by atomic mass is 10.1. The molecule has 0 aliphatic heterocycles. The molecule has 0 amide bonds. The second-order valence-corrected chi connectivity index (χ2v) is 3.54. The highest BCUT2D eigenvalue weighted by molar-refractivity contribution is 5.67. The number of ether oxygens (including phenoxy) is 2. The molecule has 5 nitrogen and oxygen atoms in total. The quantitative estimate of drug-likeness (QED) is 0.829. The predicted octanol–water partition coefficient (Wildman–Crippen LogP) is 1.72. The Bertz CT molecular complexity index is 415. The smallest absolute Gasteiger partial charge is 0.480 e. The fourth-order valence-corrected chi connectivity index (χ4v) is 1.25. The molecule has 106 valence electrons. The van der Waals surface area contributed by atoms with Crippen LogP contribution in [0.2, 0.25) is 0 Å². The van der Waals surface area contributed by atoms with Crippen LogP contribution < -0.4 is 4.74 Å². The average molecular weight is 280 g/mol. The zero-order valence-corrected chi connectivity index (χ0v) is 9.55. The van der Waals surface area contributed by atoms with Gasteiger partial charge in [-0.15, -0.1) is 13.2 Å². The van der Waals surface area contributed by atoms with Crippen molar-refractivity contribution in [1.29, 1.82) is 0 Å². The van der Waals surface area contributed by atoms with Gasteiger partial charge in [-0.05, 0) is 17.7 Å². The van der Waals surface area contributed by atoms with Crippen molar-refractivity contribution in [3.05, 3.63) is 29.8 Å². The summed E-state index contributed by atoms with van der Waals surface area (Å²) >= 11 is 0. The van der Waals surface area contributed by atoms with Gasteiger partial charge in [-0.2, -0.15) is 0 Å². The van der Waals surface area contributed by atoms with Gasteiger partial charge < -0.3 is 19.7 Å². The first-order chi connectivity index (χ1) is 8.78. The van der Waals surface area contributed by atoms with Gasteiger partial charge in [-0.25, -0.2) is 4.79 Å². The minimum absolute atomic E-state index is 0.272. The van der Waals surface area contributed by atoms with Crippen LogP contribution >= 0.6 is 0 Å². The molecular formula is C11H11F3O5. The van der Waals surface area contributed by atoms with Gasteiger partial charge in [0.15, 0.2) is 0 Å². The summed E-state index contributed by atoms with van der Waals surface area (Å²) < 4.78 is 44.0. The van der Waals surface area contributed by atoms with Crippen molar-refractivity contribution in [2.45, 2.75) is 12.5 Å². The Morgan fingerprint density at radius 1 is 1.26 bits per heavy atom. The Labute approximate surface area is 106 Å². The second kappa shape index (κ2) is 6.39. The molecule has 2 N–H and O–H groups in total. The first-order valence-electron chi connectivity index (χ1n) is 5.11. The van der Waals surface area contributed by atoms with Crippen LogP contribution in [0.3, 0.4) is 0 Å². The molecule has 0 bridgehead atoms. The van der Waals surface area contributed by atoms with E-state index in [0.717, 1.165) is 12.1 Å². The number of hydrogen-bond acceptors (Lipinski definition) is 4. The number of hydrogen-bond donors (Lipinski definition) is 2. The summed E-state index contributed by atoms with van der Waals surface area (Å²) in [6.07, 6.45) is -5.90. The van der Waals surface area contributed by atoms with Crippen molar-refractivity contribution in [3.63, 3.8) is 0 Å². The minimum atomic E-state index is -4.77. The lowest BCUT2D eigenvalue weighted by molar-refractivity contribution is -0.274. The van der Waals surface area contributed by atoms with Crippen molar-refractivity contribution in [3.8, 4) is 5.75 Å². The normalized spacial score (nSPS) is 13.1. The van der Waals surface area contributed by atoms with E-state index < -0.39 is 30.8 Å². The summed E-state index contributed by atoms with van der Waals surface area (Å²) in [6.45, 7) is -0.835. The summed E-state index contributed by atoms with van der Waals surface area (Å²) in [6, 6.07) is 4.55. The number of alkyl halides is 3. The fraction of sp³-hybridized carbons (Fsp3) is 0.364. The average Bonchev–Trinajstić information content (AvgIpc) is 2.27. The van der Waals surface area contributed by atoms with E-state index in [4.69, 9.17) is 5.11 Å². The lowest BCUT2D eigenvalue weighted by Crippen LogP contribution is -2.17. The zero-order chi connectivity index (χ0) is 14.5. The van der Waals surface area contributed by atoms with Crippen LogP contribution in [0.1, 0.15) is 11.7 Å². The molecule has 1 rings (SSSR count). The maximum Gasteiger partial charge on any atom is 0.573 e. The maximum atomic E-state index is 11.9. The van der Waals surface area contributed by atoms with Gasteiger partial charge in [0.05, 0.1) is 6.61 Å². The topological polar surface area (TPSA) is 76.0 Å². The van der Waals surface area contributed by atoms with Crippen molar-refractivity contribution < 1.29 is 37.7 Å². The van der Waals surface area contributed by atoms with Crippen molar-refractivity contribution in [1.82, 2.24) is 0 Å². The van der Waals surface area contributed by atoms with Gasteiger partial charge in [0.25, 0.3) is 0 Å². The fourth-order valence-electron chi connectivity index (χ4n) is 1.25. The number of rotatable bonds is 6. The summed E-state index contributed by atoms with van der Waals surface area (Å²) in [5.74, 6) is -1.59. The van der Waals surface area contributed by atoms with Crippen LogP contribution in [0.4, 0.5) is 13.2 Å². The molecule has 0 aliphatic rings. The predicted molar refractivity (Wildman–Crippen MR) is 56.5 cm³/mol. The maximum absolute atomic E-state index is 11.9. The lowest BCUT2D eigenvalue weighted by Gasteiger charge is -2.12. The molecule has 0 saturated heterocycles. The number of aliphatic hydroxyl groups is 1. The number of carboxylic acids is 1. The largest absolute Gasteiger partial charge is 0.573 e. The van der Waals surface area contributed by atoms with Crippen LogP contribution in [-0.4, -0.2) is 35.8 Å². The summed E-state index contributed by atoms with van der Waals surface area (Å²) in [5, 5.41) is 17.9. The third-order valence-electron chi connectivity index (χ3n) is 2.00. The van der Waals surface area contributed by atoms with E-state index in [-0.39, 0.29) is 6.61 Å². The first-order valence-corrected chi connectivity index (χ1v) is 5.11. The highest BCUT2D eigenvalue weighted by Gasteiger charge is 2.31. The highest BCUT2D eigenvalue weighted by Crippen LogP contribution is 2.24. The molecule has 0 heterocycles. The van der Waals surface area contributed by atoms with Gasteiger partial charge in [-0.1, -0.05) is 12.1 Å². The highest BCUT2D eigenvalue weighted by atomic mass is 19.4. The summed E-state index contributed by atoms with van der Waals surface area (Å²) in [4.78, 5) is 10.2. The Morgan fingerprint density at radius 2 is 1.84 bits per heavy atom. The third-order valence-corrected chi connectivity index (χ3v) is 2.00. The molecule has 0 radical (unpaired) electrons. The van der Waals surface area contributed by atoms with E-state index in [9.17, 15) is 23.1 Å². The molecule has 1 aromatic rings. The Morgan fingerprint density at radius 3 is 2.32 bits per heavy atom. The van der Waals surface area contributed by atoms with E-state index in [1.807, 2.05) is 0 Å². The molecule has 1 unspecified atom stereocenters. The van der Waals surface area contributed by atoms with E-state index in [2.05, 4.69) is 9.47 Å². The Hall–Kier alpha value is -1.80. The molecule has 1 aromatic carbocycles. The molecule has 0 saturated carbocycles. The molecule has 0 fully saturated rings. The van der Waals surface area contributed by atoms with Crippen LogP contribution in [0, 0.1) is 0 Å². The molecule has 0 aromatic heterocycles. The van der Waals surface area contributed by atoms with E-state index in [1.165, 1.54) is 12.1 Å². The van der Waals surface area contributed by atoms with Crippen molar-refractivity contribution in [2.24, 2.45) is 0 Å². The molecule has 0 spiro atoms. The minimum Gasteiger partial charge on any atom is -0.480 e. The third kappa shape index (κ3) is 6.07. The first kappa shape index (κ1) is 15.3. The van der Waals surface area contributed by atoms with Gasteiger partial charge in [-0.3, -0.25) is 0 Å². The number of carbonyl (C=O) groups is 1. The van der Waals surface area contributed by atoms with E-state index in [1.54, 1.807) is 0 Å². The standard InChI is InChI=1S/C11H11F3O5/c12-11(13,14)19-8-3-1-7(2-4-8)9(15)5-18-6-10(16)17/h1-4,9,15H,5-6H2,(H,16,17). The van der Waals surface area contributed by atoms with Gasteiger partial charge >= 0.3 is 12.3 Å². The number of aliphatic carboxylic acids is 1. The summed E-state index contributed by atoms with van der Waals surface area (Å²) in [7, 11) is 0. The molecule has 8 heteroatoms.